The van der Waals surface area contributed by atoms with E-state index in [-0.39, 0.29) is 23.1 Å². The van der Waals surface area contributed by atoms with Crippen molar-refractivity contribution in [3.63, 3.8) is 0 Å². The Morgan fingerprint density at radius 2 is 1.75 bits per heavy atom. The molecule has 1 atom stereocenters. The lowest BCUT2D eigenvalue weighted by atomic mass is 10.0. The van der Waals surface area contributed by atoms with E-state index >= 15 is 0 Å². The molecule has 1 saturated heterocycles. The minimum Gasteiger partial charge on any atom is -0.457 e. The van der Waals surface area contributed by atoms with Gasteiger partial charge in [-0.3, -0.25) is 10.2 Å². The molecular formula is C21H25N5O2. The average Bonchev–Trinajstić information content (AvgIpc) is 3.07. The molecule has 0 aromatic heterocycles. The Kier molecular flexibility index (Phi) is 5.96. The molecule has 0 saturated carbocycles. The number of rotatable bonds is 7. The van der Waals surface area contributed by atoms with Crippen LogP contribution in [0.15, 0.2) is 66.0 Å². The van der Waals surface area contributed by atoms with Gasteiger partial charge in [0.25, 0.3) is 5.91 Å². The first kappa shape index (κ1) is 19.4. The van der Waals surface area contributed by atoms with Gasteiger partial charge < -0.3 is 26.4 Å². The smallest absolute Gasteiger partial charge is 0.254 e. The van der Waals surface area contributed by atoms with Crippen LogP contribution in [0.3, 0.4) is 0 Å². The summed E-state index contributed by atoms with van der Waals surface area (Å²) in [6, 6.07) is 16.4. The summed E-state index contributed by atoms with van der Waals surface area (Å²) in [5, 5.41) is 11.6. The molecule has 7 heteroatoms. The number of nitrogens with zero attached hydrogens (tertiary/aromatic N) is 1. The molecule has 1 fully saturated rings. The standard InChI is InChI=1S/C21H25N5O2/c1-26-12-11-15(13-26)25-20(23)18(21(24)27)19(22)14-7-9-17(10-8-14)28-16-5-3-2-4-6-16/h2-10,15,22,25H,11-13,23H2,1H3,(H2,24,27)/b20-18+,22-19?. The lowest BCUT2D eigenvalue weighted by Crippen LogP contribution is -2.38. The second kappa shape index (κ2) is 8.58. The van der Waals surface area contributed by atoms with Crippen LogP contribution in [0, 0.1) is 5.41 Å². The Morgan fingerprint density at radius 3 is 2.32 bits per heavy atom. The summed E-state index contributed by atoms with van der Waals surface area (Å²) in [5.74, 6) is 0.763. The normalized spacial score (nSPS) is 17.7. The van der Waals surface area contributed by atoms with Crippen LogP contribution in [0.25, 0.3) is 0 Å². The van der Waals surface area contributed by atoms with Crippen molar-refractivity contribution in [1.82, 2.24) is 10.2 Å². The van der Waals surface area contributed by atoms with Crippen molar-refractivity contribution in [2.24, 2.45) is 11.5 Å². The van der Waals surface area contributed by atoms with E-state index in [1.54, 1.807) is 24.3 Å². The van der Waals surface area contributed by atoms with Gasteiger partial charge in [0, 0.05) is 18.2 Å². The average molecular weight is 379 g/mol. The molecule has 6 N–H and O–H groups in total. The highest BCUT2D eigenvalue weighted by Crippen LogP contribution is 2.22. The quantitative estimate of drug-likeness (QED) is 0.432. The third-order valence-electron chi connectivity index (χ3n) is 4.64. The van der Waals surface area contributed by atoms with Crippen LogP contribution >= 0.6 is 0 Å². The third-order valence-corrected chi connectivity index (χ3v) is 4.64. The summed E-state index contributed by atoms with van der Waals surface area (Å²) in [5.41, 5.74) is 12.1. The van der Waals surface area contributed by atoms with E-state index < -0.39 is 5.91 Å². The molecule has 2 aromatic rings. The summed E-state index contributed by atoms with van der Waals surface area (Å²) < 4.78 is 5.75. The van der Waals surface area contributed by atoms with Crippen LogP contribution in [-0.4, -0.2) is 42.7 Å². The zero-order valence-electron chi connectivity index (χ0n) is 15.8. The predicted octanol–water partition coefficient (Wildman–Crippen LogP) is 1.80. The molecule has 0 bridgehead atoms. The minimum absolute atomic E-state index is 0.00807. The molecule has 28 heavy (non-hydrogen) atoms. The fraction of sp³-hybridized carbons (Fsp3) is 0.238. The Bertz CT molecular complexity index is 877. The van der Waals surface area contributed by atoms with Gasteiger partial charge in [0.15, 0.2) is 0 Å². The molecule has 146 valence electrons. The SMILES string of the molecule is CN1CCC(N/C(N)=C(\C(=N)c2ccc(Oc3ccccc3)cc2)C(N)=O)C1. The molecule has 0 radical (unpaired) electrons. The highest BCUT2D eigenvalue weighted by Gasteiger charge is 2.23. The number of primary amides is 1. The summed E-state index contributed by atoms with van der Waals surface area (Å²) in [6.45, 7) is 1.78. The number of carbonyl (C=O) groups is 1. The number of likely N-dealkylation sites (tertiary alicyclic amines) is 1. The van der Waals surface area contributed by atoms with Gasteiger partial charge in [-0.15, -0.1) is 0 Å². The predicted molar refractivity (Wildman–Crippen MR) is 109 cm³/mol. The first-order chi connectivity index (χ1) is 13.4. The summed E-state index contributed by atoms with van der Waals surface area (Å²) >= 11 is 0. The lowest BCUT2D eigenvalue weighted by molar-refractivity contribution is -0.114. The molecule has 0 aliphatic carbocycles. The molecule has 0 spiro atoms. The molecule has 1 unspecified atom stereocenters. The van der Waals surface area contributed by atoms with Gasteiger partial charge in [-0.2, -0.15) is 0 Å². The number of para-hydroxylation sites is 1. The number of benzene rings is 2. The number of amides is 1. The molecule has 7 nitrogen and oxygen atoms in total. The Balaban J connectivity index is 1.75. The molecule has 1 heterocycles. The van der Waals surface area contributed by atoms with Crippen molar-refractivity contribution in [3.8, 4) is 11.5 Å². The number of carbonyl (C=O) groups excluding carboxylic acids is 1. The second-order valence-electron chi connectivity index (χ2n) is 6.86. The maximum absolute atomic E-state index is 12.0. The molecule has 1 aliphatic rings. The van der Waals surface area contributed by atoms with E-state index in [0.29, 0.717) is 11.3 Å². The number of nitrogens with one attached hydrogen (secondary N) is 2. The fourth-order valence-electron chi connectivity index (χ4n) is 3.19. The molecule has 2 aromatic carbocycles. The highest BCUT2D eigenvalue weighted by atomic mass is 16.5. The van der Waals surface area contributed by atoms with Crippen LogP contribution in [0.4, 0.5) is 0 Å². The highest BCUT2D eigenvalue weighted by molar-refractivity contribution is 6.26. The molecule has 1 amide bonds. The number of ether oxygens (including phenoxy) is 1. The summed E-state index contributed by atoms with van der Waals surface area (Å²) in [7, 11) is 2.03. The van der Waals surface area contributed by atoms with Crippen molar-refractivity contribution in [1.29, 1.82) is 5.41 Å². The Morgan fingerprint density at radius 1 is 1.11 bits per heavy atom. The van der Waals surface area contributed by atoms with Gasteiger partial charge in [-0.25, -0.2) is 0 Å². The first-order valence-corrected chi connectivity index (χ1v) is 9.11. The number of nitrogens with two attached hydrogens (primary N) is 2. The van der Waals surface area contributed by atoms with Crippen LogP contribution < -0.4 is 21.5 Å². The topological polar surface area (TPSA) is 117 Å². The van der Waals surface area contributed by atoms with Gasteiger partial charge in [-0.1, -0.05) is 18.2 Å². The molecular weight excluding hydrogens is 354 g/mol. The number of hydrogen-bond acceptors (Lipinski definition) is 6. The van der Waals surface area contributed by atoms with Gasteiger partial charge in [0.05, 0.1) is 5.71 Å². The van der Waals surface area contributed by atoms with Gasteiger partial charge >= 0.3 is 0 Å². The van der Waals surface area contributed by atoms with Crippen molar-refractivity contribution in [2.45, 2.75) is 12.5 Å². The van der Waals surface area contributed by atoms with Crippen LogP contribution in [0.2, 0.25) is 0 Å². The van der Waals surface area contributed by atoms with Crippen molar-refractivity contribution in [3.05, 3.63) is 71.6 Å². The summed E-state index contributed by atoms with van der Waals surface area (Å²) in [4.78, 5) is 14.1. The maximum atomic E-state index is 12.0. The van der Waals surface area contributed by atoms with Crippen LogP contribution in [-0.2, 0) is 4.79 Å². The molecule has 3 rings (SSSR count). The second-order valence-corrected chi connectivity index (χ2v) is 6.86. The van der Waals surface area contributed by atoms with Crippen molar-refractivity contribution >= 4 is 11.6 Å². The number of likely N-dealkylation sites (N-methyl/N-ethyl adjacent to an activating group) is 1. The zero-order valence-corrected chi connectivity index (χ0v) is 15.8. The summed E-state index contributed by atoms with van der Waals surface area (Å²) in [6.07, 6.45) is 0.919. The van der Waals surface area contributed by atoms with Crippen LogP contribution in [0.5, 0.6) is 11.5 Å². The monoisotopic (exact) mass is 379 g/mol. The van der Waals surface area contributed by atoms with Gasteiger partial charge in [0.2, 0.25) is 0 Å². The Hall–Kier alpha value is -3.32. The Labute approximate surface area is 164 Å². The van der Waals surface area contributed by atoms with Gasteiger partial charge in [0.1, 0.15) is 22.9 Å². The van der Waals surface area contributed by atoms with Crippen molar-refractivity contribution in [2.75, 3.05) is 20.1 Å². The van der Waals surface area contributed by atoms with Crippen molar-refractivity contribution < 1.29 is 9.53 Å². The third kappa shape index (κ3) is 4.69. The van der Waals surface area contributed by atoms with E-state index in [9.17, 15) is 4.79 Å². The van der Waals surface area contributed by atoms with E-state index in [0.717, 1.165) is 25.3 Å². The largest absolute Gasteiger partial charge is 0.457 e. The number of hydrogen-bond donors (Lipinski definition) is 4. The van der Waals surface area contributed by atoms with E-state index in [1.807, 2.05) is 37.4 Å². The van der Waals surface area contributed by atoms with E-state index in [1.165, 1.54) is 0 Å². The van der Waals surface area contributed by atoms with E-state index in [4.69, 9.17) is 21.6 Å². The lowest BCUT2D eigenvalue weighted by Gasteiger charge is -2.17. The maximum Gasteiger partial charge on any atom is 0.254 e. The fourth-order valence-corrected chi connectivity index (χ4v) is 3.19. The first-order valence-electron chi connectivity index (χ1n) is 9.11. The van der Waals surface area contributed by atoms with Gasteiger partial charge in [-0.05, 0) is 56.4 Å². The zero-order chi connectivity index (χ0) is 20.1. The molecule has 1 aliphatic heterocycles. The minimum atomic E-state index is -0.731. The van der Waals surface area contributed by atoms with E-state index in [2.05, 4.69) is 10.2 Å². The van der Waals surface area contributed by atoms with Crippen LogP contribution in [0.1, 0.15) is 12.0 Å².